The first kappa shape index (κ1) is 18.4. The van der Waals surface area contributed by atoms with Gasteiger partial charge in [0.25, 0.3) is 0 Å². The minimum absolute atomic E-state index is 0.319. The number of hydrogen-bond acceptors (Lipinski definition) is 1. The van der Waals surface area contributed by atoms with E-state index in [0.717, 1.165) is 35.8 Å². The smallest absolute Gasteiger partial charge is 0.204 e. The van der Waals surface area contributed by atoms with E-state index in [9.17, 15) is 4.57 Å². The largest absolute Gasteiger partial charge is 0.297 e. The van der Waals surface area contributed by atoms with Gasteiger partial charge in [0.2, 0.25) is 7.29 Å². The number of hydrogen-bond donors (Lipinski definition) is 1. The van der Waals surface area contributed by atoms with Crippen LogP contribution in [0.4, 0.5) is 0 Å². The molecule has 1 unspecified atom stereocenters. The molecule has 0 aromatic heterocycles. The Kier molecular flexibility index (Phi) is 6.51. The van der Waals surface area contributed by atoms with Gasteiger partial charge in [-0.25, -0.2) is 0 Å². The zero-order valence-electron chi connectivity index (χ0n) is 15.2. The van der Waals surface area contributed by atoms with Crippen LogP contribution < -0.4 is 15.7 Å². The van der Waals surface area contributed by atoms with E-state index in [4.69, 9.17) is 0 Å². The average molecular weight is 355 g/mol. The summed E-state index contributed by atoms with van der Waals surface area (Å²) in [5.74, 6) is 0.795. The van der Waals surface area contributed by atoms with E-state index in [2.05, 4.69) is 12.0 Å². The van der Waals surface area contributed by atoms with Crippen molar-refractivity contribution < 1.29 is 4.57 Å². The molecule has 1 fully saturated rings. The fraction of sp³-hybridized carbons (Fsp3) is 0.455. The monoisotopic (exact) mass is 355 g/mol. The lowest BCUT2D eigenvalue weighted by molar-refractivity contribution is 0.403. The van der Waals surface area contributed by atoms with Gasteiger partial charge >= 0.3 is 0 Å². The highest BCUT2D eigenvalue weighted by molar-refractivity contribution is 7.76. The Labute approximate surface area is 152 Å². The van der Waals surface area contributed by atoms with Crippen LogP contribution in [-0.4, -0.2) is 6.04 Å². The van der Waals surface area contributed by atoms with Gasteiger partial charge in [0.05, 0.1) is 0 Å². The van der Waals surface area contributed by atoms with Crippen molar-refractivity contribution in [1.29, 1.82) is 0 Å². The van der Waals surface area contributed by atoms with Crippen LogP contribution in [0.15, 0.2) is 60.7 Å². The molecule has 134 valence electrons. The van der Waals surface area contributed by atoms with Gasteiger partial charge in [-0.15, -0.1) is 0 Å². The number of benzene rings is 2. The van der Waals surface area contributed by atoms with Crippen molar-refractivity contribution in [3.63, 3.8) is 0 Å². The van der Waals surface area contributed by atoms with Crippen molar-refractivity contribution in [3.05, 3.63) is 60.7 Å². The van der Waals surface area contributed by atoms with E-state index >= 15 is 0 Å². The molecule has 0 heterocycles. The van der Waals surface area contributed by atoms with E-state index in [1.807, 2.05) is 60.7 Å². The summed E-state index contributed by atoms with van der Waals surface area (Å²) < 4.78 is 14.2. The molecule has 2 aromatic carbocycles. The summed E-state index contributed by atoms with van der Waals surface area (Å²) >= 11 is 0. The topological polar surface area (TPSA) is 29.1 Å². The fourth-order valence-corrected chi connectivity index (χ4v) is 6.59. The summed E-state index contributed by atoms with van der Waals surface area (Å²) in [6.45, 7) is 2.22. The van der Waals surface area contributed by atoms with Crippen LogP contribution >= 0.6 is 7.29 Å². The lowest BCUT2D eigenvalue weighted by Gasteiger charge is -2.28. The van der Waals surface area contributed by atoms with Gasteiger partial charge in [-0.05, 0) is 43.0 Å². The third-order valence-electron chi connectivity index (χ3n) is 5.33. The molecule has 3 heteroatoms. The van der Waals surface area contributed by atoms with E-state index < -0.39 is 7.29 Å². The minimum Gasteiger partial charge on any atom is -0.297 e. The number of rotatable bonds is 8. The normalized spacial score (nSPS) is 16.8. The second kappa shape index (κ2) is 8.83. The van der Waals surface area contributed by atoms with Crippen molar-refractivity contribution in [3.8, 4) is 0 Å². The van der Waals surface area contributed by atoms with Crippen molar-refractivity contribution in [2.24, 2.45) is 5.92 Å². The van der Waals surface area contributed by atoms with E-state index in [1.165, 1.54) is 25.7 Å². The molecule has 1 atom stereocenters. The Morgan fingerprint density at radius 3 is 1.96 bits per heavy atom. The Balaban J connectivity index is 1.89. The molecule has 0 radical (unpaired) electrons. The maximum absolute atomic E-state index is 14.2. The van der Waals surface area contributed by atoms with Gasteiger partial charge in [0.15, 0.2) is 0 Å². The average Bonchev–Trinajstić information content (AvgIpc) is 3.16. The zero-order valence-corrected chi connectivity index (χ0v) is 16.1. The maximum atomic E-state index is 14.2. The molecular weight excluding hydrogens is 325 g/mol. The molecular formula is C22H30NOP. The molecule has 25 heavy (non-hydrogen) atoms. The third-order valence-corrected chi connectivity index (χ3v) is 8.11. The van der Waals surface area contributed by atoms with Crippen LogP contribution in [0.1, 0.15) is 51.9 Å². The van der Waals surface area contributed by atoms with Gasteiger partial charge in [-0.2, -0.15) is 0 Å². The summed E-state index contributed by atoms with van der Waals surface area (Å²) in [7, 11) is -2.82. The van der Waals surface area contributed by atoms with Gasteiger partial charge in [-0.1, -0.05) is 75.4 Å². The first-order chi connectivity index (χ1) is 12.2. The van der Waals surface area contributed by atoms with Crippen molar-refractivity contribution in [2.45, 2.75) is 57.9 Å². The van der Waals surface area contributed by atoms with Crippen molar-refractivity contribution in [1.82, 2.24) is 5.09 Å². The van der Waals surface area contributed by atoms with Crippen LogP contribution in [0.2, 0.25) is 0 Å². The van der Waals surface area contributed by atoms with Crippen LogP contribution in [0.25, 0.3) is 0 Å². The highest BCUT2D eigenvalue weighted by atomic mass is 31.2. The first-order valence-electron chi connectivity index (χ1n) is 9.71. The SMILES string of the molecule is CCCC(CC1CCCC1)NP(=O)(c1ccccc1)c1ccccc1. The van der Waals surface area contributed by atoms with Crippen molar-refractivity contribution in [2.75, 3.05) is 0 Å². The third kappa shape index (κ3) is 4.63. The molecule has 1 aliphatic rings. The molecule has 2 aromatic rings. The van der Waals surface area contributed by atoms with E-state index in [-0.39, 0.29) is 0 Å². The molecule has 1 N–H and O–H groups in total. The molecule has 0 bridgehead atoms. The molecule has 0 saturated heterocycles. The summed E-state index contributed by atoms with van der Waals surface area (Å²) in [4.78, 5) is 0. The summed E-state index contributed by atoms with van der Waals surface area (Å²) in [6.07, 6.45) is 8.74. The maximum Gasteiger partial charge on any atom is 0.204 e. The molecule has 0 aliphatic heterocycles. The van der Waals surface area contributed by atoms with Gasteiger partial charge in [0.1, 0.15) is 0 Å². The quantitative estimate of drug-likeness (QED) is 0.655. The molecule has 2 nitrogen and oxygen atoms in total. The fourth-order valence-electron chi connectivity index (χ4n) is 4.06. The Bertz CT molecular complexity index is 636. The molecule has 1 saturated carbocycles. The predicted octanol–water partition coefficient (Wildman–Crippen LogP) is 5.25. The lowest BCUT2D eigenvalue weighted by Crippen LogP contribution is -2.36. The molecule has 0 spiro atoms. The van der Waals surface area contributed by atoms with Gasteiger partial charge < -0.3 is 0 Å². The van der Waals surface area contributed by atoms with Gasteiger partial charge in [0, 0.05) is 16.7 Å². The van der Waals surface area contributed by atoms with E-state index in [0.29, 0.717) is 6.04 Å². The second-order valence-corrected chi connectivity index (χ2v) is 9.79. The second-order valence-electron chi connectivity index (χ2n) is 7.28. The Morgan fingerprint density at radius 1 is 0.960 bits per heavy atom. The summed E-state index contributed by atoms with van der Waals surface area (Å²) in [5.41, 5.74) is 0. The highest BCUT2D eigenvalue weighted by Gasteiger charge is 2.31. The van der Waals surface area contributed by atoms with Crippen molar-refractivity contribution >= 4 is 17.9 Å². The predicted molar refractivity (Wildman–Crippen MR) is 108 cm³/mol. The van der Waals surface area contributed by atoms with Crippen LogP contribution in [0.3, 0.4) is 0 Å². The van der Waals surface area contributed by atoms with E-state index in [1.54, 1.807) is 0 Å². The molecule has 3 rings (SSSR count). The Hall–Kier alpha value is -1.37. The highest BCUT2D eigenvalue weighted by Crippen LogP contribution is 2.41. The molecule has 1 aliphatic carbocycles. The summed E-state index contributed by atoms with van der Waals surface area (Å²) in [6, 6.07) is 20.2. The minimum atomic E-state index is -2.82. The first-order valence-corrected chi connectivity index (χ1v) is 11.4. The van der Waals surface area contributed by atoms with Crippen LogP contribution in [-0.2, 0) is 4.57 Å². The standard InChI is InChI=1S/C22H30NOP/c1-2-11-20(18-19-12-9-10-13-19)23-25(24,21-14-5-3-6-15-21)22-16-7-4-8-17-22/h3-8,14-17,19-20H,2,9-13,18H2,1H3,(H,23,24). The number of nitrogens with one attached hydrogen (secondary N) is 1. The molecule has 0 amide bonds. The van der Waals surface area contributed by atoms with Crippen LogP contribution in [0, 0.1) is 5.92 Å². The Morgan fingerprint density at radius 2 is 1.48 bits per heavy atom. The van der Waals surface area contributed by atoms with Gasteiger partial charge in [-0.3, -0.25) is 9.65 Å². The zero-order chi connectivity index (χ0) is 17.5. The summed E-state index contributed by atoms with van der Waals surface area (Å²) in [5, 5.41) is 5.47. The van der Waals surface area contributed by atoms with Crippen LogP contribution in [0.5, 0.6) is 0 Å². The lowest BCUT2D eigenvalue weighted by atomic mass is 9.96.